The molecule has 0 aliphatic heterocycles. The molecule has 0 saturated heterocycles. The normalized spacial score (nSPS) is 21.0. The zero-order chi connectivity index (χ0) is 19.8. The van der Waals surface area contributed by atoms with Gasteiger partial charge in [0.1, 0.15) is 0 Å². The van der Waals surface area contributed by atoms with Gasteiger partial charge in [0.15, 0.2) is 0 Å². The molecule has 0 radical (unpaired) electrons. The van der Waals surface area contributed by atoms with Gasteiger partial charge in [-0.1, -0.05) is 131 Å². The van der Waals surface area contributed by atoms with E-state index in [4.69, 9.17) is 0 Å². The van der Waals surface area contributed by atoms with Crippen molar-refractivity contribution in [3.63, 3.8) is 0 Å². The molecular formula is C25H54. The van der Waals surface area contributed by atoms with Crippen LogP contribution in [0.1, 0.15) is 139 Å². The maximum atomic E-state index is 2.38. The zero-order valence-electron chi connectivity index (χ0n) is 19.5. The van der Waals surface area contributed by atoms with Gasteiger partial charge in [0.25, 0.3) is 0 Å². The third-order valence-electron chi connectivity index (χ3n) is 5.02. The molecule has 0 aromatic heterocycles. The highest BCUT2D eigenvalue weighted by Crippen LogP contribution is 2.29. The molecular weight excluding hydrogens is 300 g/mol. The Balaban J connectivity index is -0.000000365. The minimum Gasteiger partial charge on any atom is -0.0917 e. The Morgan fingerprint density at radius 2 is 1.08 bits per heavy atom. The lowest BCUT2D eigenvalue weighted by molar-refractivity contribution is 0.297. The van der Waals surface area contributed by atoms with Gasteiger partial charge in [0.2, 0.25) is 0 Å². The smallest absolute Gasteiger partial charge is 0.0379 e. The Labute approximate surface area is 163 Å². The fourth-order valence-corrected chi connectivity index (χ4v) is 3.08. The molecule has 0 aromatic carbocycles. The Hall–Kier alpha value is -0.260. The lowest BCUT2D eigenvalue weighted by Gasteiger charge is -2.23. The molecule has 0 heteroatoms. The van der Waals surface area contributed by atoms with Crippen LogP contribution in [0.15, 0.2) is 12.2 Å². The molecule has 0 amide bonds. The molecule has 1 saturated carbocycles. The number of rotatable bonds is 4. The summed E-state index contributed by atoms with van der Waals surface area (Å²) in [4.78, 5) is 0. The van der Waals surface area contributed by atoms with E-state index < -0.39 is 0 Å². The van der Waals surface area contributed by atoms with E-state index in [2.05, 4.69) is 46.8 Å². The Bertz CT molecular complexity index is 200. The second-order valence-corrected chi connectivity index (χ2v) is 7.11. The van der Waals surface area contributed by atoms with Crippen LogP contribution in [0.4, 0.5) is 0 Å². The third kappa shape index (κ3) is 26.1. The Morgan fingerprint density at radius 1 is 0.680 bits per heavy atom. The molecule has 1 rings (SSSR count). The van der Waals surface area contributed by atoms with Crippen LogP contribution < -0.4 is 0 Å². The van der Waals surface area contributed by atoms with Gasteiger partial charge in [0.05, 0.1) is 0 Å². The summed E-state index contributed by atoms with van der Waals surface area (Å²) in [5, 5.41) is 0. The van der Waals surface area contributed by atoms with Gasteiger partial charge in [-0.3, -0.25) is 0 Å². The minimum absolute atomic E-state index is 1.04. The van der Waals surface area contributed by atoms with Crippen LogP contribution in [0.5, 0.6) is 0 Å². The topological polar surface area (TPSA) is 0 Å². The first kappa shape index (κ1) is 29.5. The molecule has 0 aromatic rings. The van der Waals surface area contributed by atoms with Crippen molar-refractivity contribution in [2.45, 2.75) is 139 Å². The van der Waals surface area contributed by atoms with Crippen LogP contribution in [0.3, 0.4) is 0 Å². The van der Waals surface area contributed by atoms with Crippen LogP contribution in [0.2, 0.25) is 0 Å². The number of unbranched alkanes of at least 4 members (excludes halogenated alkanes) is 1. The van der Waals surface area contributed by atoms with Crippen molar-refractivity contribution in [3.8, 4) is 0 Å². The van der Waals surface area contributed by atoms with Gasteiger partial charge in [-0.05, 0) is 31.6 Å². The standard InChI is InChI=1S/C14H28.C5H10.C4H10.C2H6/c1-3-13-10-8-6-5-7-9-11-14(4-2)12-13;1-3-5-4-2;1-3-4-2;1-2/h13-14H,3-12H2,1-2H3;3,5H,4H2,1-2H3;3-4H2,1-2H3;1-2H3/b;5-3+;;. The Kier molecular flexibility index (Phi) is 33.7. The first-order valence-corrected chi connectivity index (χ1v) is 11.8. The summed E-state index contributed by atoms with van der Waals surface area (Å²) in [6, 6.07) is 0. The van der Waals surface area contributed by atoms with E-state index in [1.54, 1.807) is 0 Å². The second kappa shape index (κ2) is 28.5. The van der Waals surface area contributed by atoms with Crippen LogP contribution in [-0.2, 0) is 0 Å². The summed E-state index contributed by atoms with van der Waals surface area (Å²) >= 11 is 0. The first-order chi connectivity index (χ1) is 12.2. The molecule has 0 bridgehead atoms. The predicted octanol–water partition coefficient (Wildman–Crippen LogP) is 9.98. The van der Waals surface area contributed by atoms with Crippen molar-refractivity contribution in [3.05, 3.63) is 12.2 Å². The quantitative estimate of drug-likeness (QED) is 0.440. The predicted molar refractivity (Wildman–Crippen MR) is 122 cm³/mol. The average Bonchev–Trinajstić information content (AvgIpc) is 2.68. The first-order valence-electron chi connectivity index (χ1n) is 11.8. The minimum atomic E-state index is 1.04. The maximum absolute atomic E-state index is 2.38. The van der Waals surface area contributed by atoms with Crippen LogP contribution >= 0.6 is 0 Å². The van der Waals surface area contributed by atoms with Crippen LogP contribution in [-0.4, -0.2) is 0 Å². The van der Waals surface area contributed by atoms with Gasteiger partial charge >= 0.3 is 0 Å². The largest absolute Gasteiger partial charge is 0.0917 e. The van der Waals surface area contributed by atoms with E-state index in [1.165, 1.54) is 77.0 Å². The third-order valence-corrected chi connectivity index (χ3v) is 5.02. The summed E-state index contributed by atoms with van der Waals surface area (Å²) in [6.45, 7) is 17.3. The van der Waals surface area contributed by atoms with E-state index in [1.807, 2.05) is 20.8 Å². The fraction of sp³-hybridized carbons (Fsp3) is 0.920. The van der Waals surface area contributed by atoms with Crippen LogP contribution in [0, 0.1) is 11.8 Å². The molecule has 154 valence electrons. The summed E-state index contributed by atoms with van der Waals surface area (Å²) in [7, 11) is 0. The summed E-state index contributed by atoms with van der Waals surface area (Å²) < 4.78 is 0. The lowest BCUT2D eigenvalue weighted by Crippen LogP contribution is -2.09. The van der Waals surface area contributed by atoms with E-state index >= 15 is 0 Å². The van der Waals surface area contributed by atoms with Crippen molar-refractivity contribution in [2.24, 2.45) is 11.8 Å². The summed E-state index contributed by atoms with van der Waals surface area (Å²) in [5.41, 5.74) is 0. The van der Waals surface area contributed by atoms with Crippen molar-refractivity contribution in [1.29, 1.82) is 0 Å². The van der Waals surface area contributed by atoms with Gasteiger partial charge in [0, 0.05) is 0 Å². The molecule has 1 aliphatic carbocycles. The van der Waals surface area contributed by atoms with E-state index in [0.717, 1.165) is 18.3 Å². The zero-order valence-corrected chi connectivity index (χ0v) is 19.5. The molecule has 0 N–H and O–H groups in total. The average molecular weight is 355 g/mol. The Morgan fingerprint density at radius 3 is 1.32 bits per heavy atom. The molecule has 0 heterocycles. The maximum Gasteiger partial charge on any atom is -0.0379 e. The molecule has 2 atom stereocenters. The van der Waals surface area contributed by atoms with Gasteiger partial charge in [-0.25, -0.2) is 0 Å². The molecule has 25 heavy (non-hydrogen) atoms. The monoisotopic (exact) mass is 354 g/mol. The van der Waals surface area contributed by atoms with Crippen molar-refractivity contribution < 1.29 is 0 Å². The van der Waals surface area contributed by atoms with E-state index in [9.17, 15) is 0 Å². The number of allylic oxidation sites excluding steroid dienone is 2. The second-order valence-electron chi connectivity index (χ2n) is 7.11. The molecule has 0 spiro atoms. The lowest BCUT2D eigenvalue weighted by atomic mass is 9.83. The number of hydrogen-bond donors (Lipinski definition) is 0. The molecule has 1 aliphatic rings. The molecule has 2 unspecified atom stereocenters. The summed E-state index contributed by atoms with van der Waals surface area (Å²) in [6.07, 6.45) is 22.8. The highest BCUT2D eigenvalue weighted by Gasteiger charge is 2.14. The summed E-state index contributed by atoms with van der Waals surface area (Å²) in [5.74, 6) is 2.08. The van der Waals surface area contributed by atoms with Gasteiger partial charge < -0.3 is 0 Å². The van der Waals surface area contributed by atoms with Gasteiger partial charge in [-0.15, -0.1) is 0 Å². The highest BCUT2D eigenvalue weighted by molar-refractivity contribution is 4.73. The fourth-order valence-electron chi connectivity index (χ4n) is 3.08. The van der Waals surface area contributed by atoms with E-state index in [0.29, 0.717) is 0 Å². The van der Waals surface area contributed by atoms with Crippen LogP contribution in [0.25, 0.3) is 0 Å². The number of hydrogen-bond acceptors (Lipinski definition) is 0. The van der Waals surface area contributed by atoms with Crippen molar-refractivity contribution >= 4 is 0 Å². The molecule has 1 fully saturated rings. The molecule has 0 nitrogen and oxygen atoms in total. The highest BCUT2D eigenvalue weighted by atomic mass is 14.2. The van der Waals surface area contributed by atoms with Crippen molar-refractivity contribution in [2.75, 3.05) is 0 Å². The van der Waals surface area contributed by atoms with E-state index in [-0.39, 0.29) is 0 Å². The van der Waals surface area contributed by atoms with Gasteiger partial charge in [-0.2, -0.15) is 0 Å². The van der Waals surface area contributed by atoms with Crippen molar-refractivity contribution in [1.82, 2.24) is 0 Å². The SMILES string of the molecule is C/C=C/CC.CC.CCC1CCCCCCCC(CC)C1.CCCC.